The number of hydrogen-bond acceptors (Lipinski definition) is 5. The summed E-state index contributed by atoms with van der Waals surface area (Å²) in [6, 6.07) is 14.2. The fraction of sp³-hybridized carbons (Fsp3) is 0.556. The predicted molar refractivity (Wildman–Crippen MR) is 171 cm³/mol. The first-order chi connectivity index (χ1) is 21.7. The van der Waals surface area contributed by atoms with E-state index in [1.165, 1.54) is 41.6 Å². The third kappa shape index (κ3) is 4.84. The second-order valence-corrected chi connectivity index (χ2v) is 16.8. The summed E-state index contributed by atoms with van der Waals surface area (Å²) in [6.07, 6.45) is 11.9. The Labute approximate surface area is 264 Å². The van der Waals surface area contributed by atoms with Crippen molar-refractivity contribution >= 4 is 32.7 Å². The van der Waals surface area contributed by atoms with Gasteiger partial charge in [-0.15, -0.1) is 0 Å². The number of morpholine rings is 1. The largest absolute Gasteiger partial charge is 0.365 e. The van der Waals surface area contributed by atoms with E-state index in [4.69, 9.17) is 4.74 Å². The van der Waals surface area contributed by atoms with Gasteiger partial charge in [0, 0.05) is 41.7 Å². The third-order valence-corrected chi connectivity index (χ3v) is 13.2. The molecule has 1 unspecified atom stereocenters. The van der Waals surface area contributed by atoms with Crippen molar-refractivity contribution in [3.05, 3.63) is 59.2 Å². The molecule has 1 saturated heterocycles. The molecule has 3 aromatic rings. The maximum absolute atomic E-state index is 14.5. The Balaban J connectivity index is 1.16. The zero-order valence-electron chi connectivity index (χ0n) is 25.7. The van der Waals surface area contributed by atoms with Gasteiger partial charge in [0.25, 0.3) is 5.91 Å². The molecule has 0 bridgehead atoms. The van der Waals surface area contributed by atoms with Crippen LogP contribution in [0.15, 0.2) is 42.5 Å². The SMILES string of the molecule is O=C(NS(=O)(=O)C1CC1)c1ccc2c(C3CCCCC3)c3n(c2c1)CC(C(=O)N1CC2(CC2)OC2(CC2)C1)Cc1ccccc1-3. The number of ether oxygens (including phenoxy) is 1. The van der Waals surface area contributed by atoms with Crippen LogP contribution < -0.4 is 4.72 Å². The second kappa shape index (κ2) is 9.91. The van der Waals surface area contributed by atoms with E-state index < -0.39 is 21.2 Å². The standard InChI is InChI=1S/C36H41N3O5S/c40-33(37-45(42,43)27-11-12-27)25-10-13-29-30(19-25)39-20-26(34(41)38-21-35(14-15-35)44-36(22-38)16-17-36)18-24-8-4-5-9-28(24)32(39)31(29)23-6-2-1-3-7-23/h4-5,8-10,13,19,23,26-27H,1-3,6-7,11-12,14-18,20-22H2,(H,37,40). The number of benzene rings is 2. The number of nitrogens with zero attached hydrogens (tertiary/aromatic N) is 2. The normalized spacial score (nSPS) is 25.1. The Bertz CT molecular complexity index is 1820. The Morgan fingerprint density at radius 3 is 2.29 bits per heavy atom. The fourth-order valence-corrected chi connectivity index (χ4v) is 9.89. The molecule has 2 spiro atoms. The van der Waals surface area contributed by atoms with Gasteiger partial charge < -0.3 is 14.2 Å². The van der Waals surface area contributed by atoms with Gasteiger partial charge in [0.1, 0.15) is 0 Å². The van der Waals surface area contributed by atoms with Crippen molar-refractivity contribution < 1.29 is 22.7 Å². The number of hydrogen-bond donors (Lipinski definition) is 1. The Morgan fingerprint density at radius 1 is 0.889 bits per heavy atom. The van der Waals surface area contributed by atoms with Crippen molar-refractivity contribution in [2.24, 2.45) is 5.92 Å². The van der Waals surface area contributed by atoms with E-state index in [0.717, 1.165) is 49.4 Å². The summed E-state index contributed by atoms with van der Waals surface area (Å²) in [5.74, 6) is -0.238. The maximum atomic E-state index is 14.5. The summed E-state index contributed by atoms with van der Waals surface area (Å²) in [4.78, 5) is 30.0. The van der Waals surface area contributed by atoms with Gasteiger partial charge in [-0.2, -0.15) is 0 Å². The average Bonchev–Trinajstić information content (AvgIpc) is 3.94. The Morgan fingerprint density at radius 2 is 1.60 bits per heavy atom. The molecule has 3 heterocycles. The first-order valence-electron chi connectivity index (χ1n) is 17.0. The number of carbonyl (C=O) groups is 2. The van der Waals surface area contributed by atoms with Gasteiger partial charge in [0.15, 0.2) is 0 Å². The van der Waals surface area contributed by atoms with Crippen molar-refractivity contribution in [1.82, 2.24) is 14.2 Å². The fourth-order valence-electron chi connectivity index (χ4n) is 8.59. The van der Waals surface area contributed by atoms with E-state index in [-0.39, 0.29) is 23.0 Å². The highest BCUT2D eigenvalue weighted by molar-refractivity contribution is 7.91. The lowest BCUT2D eigenvalue weighted by atomic mass is 9.81. The van der Waals surface area contributed by atoms with Crippen LogP contribution in [0.4, 0.5) is 0 Å². The van der Waals surface area contributed by atoms with Gasteiger partial charge in [-0.1, -0.05) is 49.6 Å². The molecule has 236 valence electrons. The van der Waals surface area contributed by atoms with E-state index in [1.54, 1.807) is 6.07 Å². The molecule has 4 aliphatic carbocycles. The molecule has 1 atom stereocenters. The summed E-state index contributed by atoms with van der Waals surface area (Å²) in [6.45, 7) is 1.88. The number of sulfonamides is 1. The van der Waals surface area contributed by atoms with Gasteiger partial charge in [0.2, 0.25) is 15.9 Å². The highest BCUT2D eigenvalue weighted by atomic mass is 32.2. The highest BCUT2D eigenvalue weighted by Gasteiger charge is 2.61. The molecular formula is C36H41N3O5S. The molecule has 9 heteroatoms. The Kier molecular flexibility index (Phi) is 6.19. The smallest absolute Gasteiger partial charge is 0.264 e. The first kappa shape index (κ1) is 28.1. The van der Waals surface area contributed by atoms with Crippen LogP contribution in [-0.4, -0.2) is 59.2 Å². The van der Waals surface area contributed by atoms with Crippen LogP contribution in [-0.2, 0) is 32.5 Å². The van der Waals surface area contributed by atoms with Crippen LogP contribution in [0.2, 0.25) is 0 Å². The van der Waals surface area contributed by atoms with Crippen LogP contribution in [0.25, 0.3) is 22.2 Å². The van der Waals surface area contributed by atoms with Gasteiger partial charge in [0.05, 0.1) is 28.1 Å². The van der Waals surface area contributed by atoms with Gasteiger partial charge in [-0.05, 0) is 87.0 Å². The van der Waals surface area contributed by atoms with Gasteiger partial charge in [-0.3, -0.25) is 9.59 Å². The average molecular weight is 628 g/mol. The second-order valence-electron chi connectivity index (χ2n) is 14.8. The van der Waals surface area contributed by atoms with Crippen molar-refractivity contribution in [1.29, 1.82) is 0 Å². The van der Waals surface area contributed by atoms with E-state index in [2.05, 4.69) is 38.5 Å². The molecule has 2 amide bonds. The molecule has 4 saturated carbocycles. The minimum atomic E-state index is -3.67. The molecule has 1 N–H and O–H groups in total. The molecule has 2 aromatic carbocycles. The predicted octanol–water partition coefficient (Wildman–Crippen LogP) is 5.67. The monoisotopic (exact) mass is 627 g/mol. The number of fused-ring (bicyclic) bond motifs is 5. The number of amides is 2. The lowest BCUT2D eigenvalue weighted by Gasteiger charge is -2.40. The van der Waals surface area contributed by atoms with Crippen molar-refractivity contribution in [3.63, 3.8) is 0 Å². The first-order valence-corrected chi connectivity index (χ1v) is 18.6. The molecule has 8 nitrogen and oxygen atoms in total. The minimum absolute atomic E-state index is 0.143. The van der Waals surface area contributed by atoms with Crippen LogP contribution in [0.3, 0.4) is 0 Å². The molecule has 0 radical (unpaired) electrons. The zero-order chi connectivity index (χ0) is 30.6. The van der Waals surface area contributed by atoms with Crippen molar-refractivity contribution in [2.75, 3.05) is 13.1 Å². The summed E-state index contributed by atoms with van der Waals surface area (Å²) < 4.78 is 36.5. The van der Waals surface area contributed by atoms with Crippen molar-refractivity contribution in [2.45, 2.75) is 106 Å². The Hall–Kier alpha value is -3.17. The molecule has 1 aromatic heterocycles. The van der Waals surface area contributed by atoms with Gasteiger partial charge in [-0.25, -0.2) is 13.1 Å². The summed E-state index contributed by atoms with van der Waals surface area (Å²) in [5.41, 5.74) is 5.82. The van der Waals surface area contributed by atoms with Gasteiger partial charge >= 0.3 is 0 Å². The number of rotatable bonds is 5. The summed E-state index contributed by atoms with van der Waals surface area (Å²) in [5, 5.41) is 0.641. The molecular weight excluding hydrogens is 586 g/mol. The van der Waals surface area contributed by atoms with E-state index in [9.17, 15) is 18.0 Å². The van der Waals surface area contributed by atoms with E-state index >= 15 is 0 Å². The lowest BCUT2D eigenvalue weighted by Crippen LogP contribution is -2.54. The molecule has 5 fully saturated rings. The minimum Gasteiger partial charge on any atom is -0.365 e. The lowest BCUT2D eigenvalue weighted by molar-refractivity contribution is -0.158. The van der Waals surface area contributed by atoms with Crippen LogP contribution in [0.5, 0.6) is 0 Å². The number of aromatic nitrogens is 1. The third-order valence-electron chi connectivity index (χ3n) is 11.4. The summed E-state index contributed by atoms with van der Waals surface area (Å²) >= 11 is 0. The number of carbonyl (C=O) groups excluding carboxylic acids is 2. The van der Waals surface area contributed by atoms with Crippen LogP contribution >= 0.6 is 0 Å². The highest BCUT2D eigenvalue weighted by Crippen LogP contribution is 2.55. The maximum Gasteiger partial charge on any atom is 0.264 e. The van der Waals surface area contributed by atoms with Crippen LogP contribution in [0.1, 0.15) is 98.0 Å². The van der Waals surface area contributed by atoms with E-state index in [0.29, 0.717) is 50.4 Å². The molecule has 6 aliphatic rings. The van der Waals surface area contributed by atoms with E-state index in [1.807, 2.05) is 12.1 Å². The molecule has 2 aliphatic heterocycles. The topological polar surface area (TPSA) is 97.7 Å². The molecule has 9 rings (SSSR count). The quantitative estimate of drug-likeness (QED) is 0.393. The molecule has 45 heavy (non-hydrogen) atoms. The number of nitrogens with one attached hydrogen (secondary N) is 1. The van der Waals surface area contributed by atoms with Crippen LogP contribution in [0, 0.1) is 5.92 Å². The summed E-state index contributed by atoms with van der Waals surface area (Å²) in [7, 11) is -3.67. The zero-order valence-corrected chi connectivity index (χ0v) is 26.5. The van der Waals surface area contributed by atoms with Crippen molar-refractivity contribution in [3.8, 4) is 11.3 Å².